The van der Waals surface area contributed by atoms with Crippen molar-refractivity contribution in [3.05, 3.63) is 59.9 Å². The van der Waals surface area contributed by atoms with E-state index < -0.39 is 15.9 Å². The van der Waals surface area contributed by atoms with Gasteiger partial charge in [0.1, 0.15) is 23.1 Å². The van der Waals surface area contributed by atoms with Gasteiger partial charge >= 0.3 is 10.1 Å². The van der Waals surface area contributed by atoms with Crippen LogP contribution in [0, 0.1) is 5.82 Å². The number of carbonyl (C=O) groups excluding carboxylic acids is 1. The molecule has 2 rings (SSSR count). The van der Waals surface area contributed by atoms with Crippen LogP contribution in [0.25, 0.3) is 0 Å². The normalized spacial score (nSPS) is 12.4. The maximum atomic E-state index is 13.0. The van der Waals surface area contributed by atoms with Crippen molar-refractivity contribution in [3.63, 3.8) is 0 Å². The molecule has 2 aromatic rings. The van der Waals surface area contributed by atoms with Crippen LogP contribution in [-0.2, 0) is 26.2 Å². The van der Waals surface area contributed by atoms with Crippen LogP contribution in [0.1, 0.15) is 25.8 Å². The number of methoxy groups -OCH3 is 1. The molecule has 0 saturated heterocycles. The molecule has 0 N–H and O–H groups in total. The molecule has 0 aliphatic carbocycles. The zero-order valence-electron chi connectivity index (χ0n) is 16.1. The third-order valence-corrected chi connectivity index (χ3v) is 5.53. The second-order valence-electron chi connectivity index (χ2n) is 6.35. The minimum Gasteiger partial charge on any atom is -0.379 e. The summed E-state index contributed by atoms with van der Waals surface area (Å²) in [7, 11) is -2.63. The summed E-state index contributed by atoms with van der Waals surface area (Å²) in [6.45, 7) is 4.18. The summed E-state index contributed by atoms with van der Waals surface area (Å²) < 4.78 is 47.9. The summed E-state index contributed by atoms with van der Waals surface area (Å²) in [5, 5.41) is 0. The van der Waals surface area contributed by atoms with Gasteiger partial charge in [0.25, 0.3) is 0 Å². The van der Waals surface area contributed by atoms with Gasteiger partial charge in [0, 0.05) is 19.7 Å². The Balaban J connectivity index is 2.20. The summed E-state index contributed by atoms with van der Waals surface area (Å²) in [6.07, 6.45) is 0.768. The Kier molecular flexibility index (Phi) is 7.53. The van der Waals surface area contributed by atoms with Crippen LogP contribution >= 0.6 is 0 Å². The fourth-order valence-electron chi connectivity index (χ4n) is 2.59. The van der Waals surface area contributed by atoms with Gasteiger partial charge in [-0.1, -0.05) is 19.1 Å². The number of hydrogen-bond acceptors (Lipinski definition) is 5. The lowest BCUT2D eigenvalue weighted by atomic mass is 10.1. The lowest BCUT2D eigenvalue weighted by Crippen LogP contribution is -2.39. The standard InChI is InChI=1S/C20H24FNO5S/c1-4-15(2)22(20(23)14-26-3)13-16-6-5-7-18(12-16)27-28(24,25)19-10-8-17(21)9-11-19/h5-12,15H,4,13-14H2,1-3H3/t15-/m0/s1. The van der Waals surface area contributed by atoms with Crippen molar-refractivity contribution in [3.8, 4) is 5.75 Å². The molecule has 0 radical (unpaired) electrons. The Bertz CT molecular complexity index is 899. The maximum Gasteiger partial charge on any atom is 0.339 e. The van der Waals surface area contributed by atoms with E-state index in [4.69, 9.17) is 8.92 Å². The molecule has 152 valence electrons. The minimum absolute atomic E-state index is 0.00447. The van der Waals surface area contributed by atoms with E-state index in [2.05, 4.69) is 0 Å². The van der Waals surface area contributed by atoms with E-state index in [9.17, 15) is 17.6 Å². The third kappa shape index (κ3) is 5.77. The molecule has 6 nitrogen and oxygen atoms in total. The average Bonchev–Trinajstić information content (AvgIpc) is 2.66. The predicted molar refractivity (Wildman–Crippen MR) is 103 cm³/mol. The van der Waals surface area contributed by atoms with Gasteiger partial charge in [-0.05, 0) is 55.3 Å². The average molecular weight is 409 g/mol. The number of benzene rings is 2. The molecule has 0 spiro atoms. The predicted octanol–water partition coefficient (Wildman–Crippen LogP) is 3.37. The number of amides is 1. The van der Waals surface area contributed by atoms with E-state index in [1.54, 1.807) is 23.1 Å². The van der Waals surface area contributed by atoms with Crippen molar-refractivity contribution >= 4 is 16.0 Å². The van der Waals surface area contributed by atoms with Crippen LogP contribution in [0.3, 0.4) is 0 Å². The number of nitrogens with zero attached hydrogens (tertiary/aromatic N) is 1. The van der Waals surface area contributed by atoms with E-state index >= 15 is 0 Å². The highest BCUT2D eigenvalue weighted by Gasteiger charge is 2.20. The van der Waals surface area contributed by atoms with Crippen molar-refractivity contribution in [2.24, 2.45) is 0 Å². The first-order chi connectivity index (χ1) is 13.3. The van der Waals surface area contributed by atoms with Crippen molar-refractivity contribution in [1.29, 1.82) is 0 Å². The molecule has 0 bridgehead atoms. The molecular weight excluding hydrogens is 385 g/mol. The molecule has 0 heterocycles. The Morgan fingerprint density at radius 3 is 2.46 bits per heavy atom. The highest BCUT2D eigenvalue weighted by Crippen LogP contribution is 2.21. The van der Waals surface area contributed by atoms with Gasteiger partial charge in [0.2, 0.25) is 5.91 Å². The van der Waals surface area contributed by atoms with Gasteiger partial charge in [-0.25, -0.2) is 4.39 Å². The van der Waals surface area contributed by atoms with Crippen LogP contribution in [0.2, 0.25) is 0 Å². The minimum atomic E-state index is -4.09. The highest BCUT2D eigenvalue weighted by atomic mass is 32.2. The molecular formula is C20H24FNO5S. The molecule has 2 aromatic carbocycles. The molecule has 0 fully saturated rings. The summed E-state index contributed by atoms with van der Waals surface area (Å²) in [5.41, 5.74) is 0.719. The summed E-state index contributed by atoms with van der Waals surface area (Å²) in [5.74, 6) is -0.570. The SMILES string of the molecule is CC[C@H](C)N(Cc1cccc(OS(=O)(=O)c2ccc(F)cc2)c1)C(=O)COC. The molecule has 28 heavy (non-hydrogen) atoms. The van der Waals surface area contributed by atoms with Gasteiger partial charge < -0.3 is 13.8 Å². The summed E-state index contributed by atoms with van der Waals surface area (Å²) >= 11 is 0. The quantitative estimate of drug-likeness (QED) is 0.594. The van der Waals surface area contributed by atoms with Gasteiger partial charge in [-0.2, -0.15) is 8.42 Å². The fraction of sp³-hybridized carbons (Fsp3) is 0.350. The number of rotatable bonds is 9. The maximum absolute atomic E-state index is 13.0. The van der Waals surface area contributed by atoms with E-state index in [1.165, 1.54) is 13.2 Å². The Morgan fingerprint density at radius 2 is 1.86 bits per heavy atom. The van der Waals surface area contributed by atoms with Gasteiger partial charge in [-0.15, -0.1) is 0 Å². The first kappa shape index (κ1) is 21.8. The van der Waals surface area contributed by atoms with Crippen molar-refractivity contribution in [2.45, 2.75) is 37.8 Å². The second-order valence-corrected chi connectivity index (χ2v) is 7.90. The van der Waals surface area contributed by atoms with E-state index in [-0.39, 0.29) is 29.2 Å². The van der Waals surface area contributed by atoms with Crippen molar-refractivity contribution in [1.82, 2.24) is 4.90 Å². The fourth-order valence-corrected chi connectivity index (χ4v) is 3.51. The monoisotopic (exact) mass is 409 g/mol. The lowest BCUT2D eigenvalue weighted by Gasteiger charge is -2.28. The number of hydrogen-bond donors (Lipinski definition) is 0. The largest absolute Gasteiger partial charge is 0.379 e. The number of carbonyl (C=O) groups is 1. The van der Waals surface area contributed by atoms with E-state index in [1.807, 2.05) is 13.8 Å². The van der Waals surface area contributed by atoms with Crippen LogP contribution in [0.15, 0.2) is 53.4 Å². The molecule has 0 aliphatic rings. The Labute approximate surface area is 165 Å². The molecule has 1 atom stereocenters. The zero-order valence-corrected chi connectivity index (χ0v) is 16.9. The lowest BCUT2D eigenvalue weighted by molar-refractivity contribution is -0.138. The first-order valence-corrected chi connectivity index (χ1v) is 10.2. The molecule has 1 amide bonds. The van der Waals surface area contributed by atoms with Crippen LogP contribution in [0.4, 0.5) is 4.39 Å². The highest BCUT2D eigenvalue weighted by molar-refractivity contribution is 7.87. The molecule has 0 unspecified atom stereocenters. The van der Waals surface area contributed by atoms with Crippen molar-refractivity contribution in [2.75, 3.05) is 13.7 Å². The molecule has 0 saturated carbocycles. The summed E-state index contributed by atoms with van der Waals surface area (Å²) in [4.78, 5) is 13.9. The number of halogens is 1. The van der Waals surface area contributed by atoms with Crippen LogP contribution in [-0.4, -0.2) is 39.0 Å². The van der Waals surface area contributed by atoms with E-state index in [0.717, 1.165) is 36.2 Å². The smallest absolute Gasteiger partial charge is 0.339 e. The molecule has 0 aromatic heterocycles. The topological polar surface area (TPSA) is 72.9 Å². The Morgan fingerprint density at radius 1 is 1.18 bits per heavy atom. The summed E-state index contributed by atoms with van der Waals surface area (Å²) in [6, 6.07) is 10.9. The van der Waals surface area contributed by atoms with Gasteiger partial charge in [0.05, 0.1) is 0 Å². The first-order valence-electron chi connectivity index (χ1n) is 8.84. The van der Waals surface area contributed by atoms with Gasteiger partial charge in [0.15, 0.2) is 0 Å². The van der Waals surface area contributed by atoms with E-state index in [0.29, 0.717) is 6.54 Å². The zero-order chi connectivity index (χ0) is 20.7. The Hall–Kier alpha value is -2.45. The second kappa shape index (κ2) is 9.66. The number of ether oxygens (including phenoxy) is 1. The van der Waals surface area contributed by atoms with Crippen LogP contribution < -0.4 is 4.18 Å². The molecule has 8 heteroatoms. The third-order valence-electron chi connectivity index (χ3n) is 4.27. The van der Waals surface area contributed by atoms with Crippen molar-refractivity contribution < 1.29 is 26.5 Å². The van der Waals surface area contributed by atoms with Gasteiger partial charge in [-0.3, -0.25) is 4.79 Å². The molecule has 0 aliphatic heterocycles. The van der Waals surface area contributed by atoms with Crippen LogP contribution in [0.5, 0.6) is 5.75 Å².